The van der Waals surface area contributed by atoms with Gasteiger partial charge in [-0.2, -0.15) is 0 Å². The summed E-state index contributed by atoms with van der Waals surface area (Å²) in [4.78, 5) is 38.3. The van der Waals surface area contributed by atoms with Gasteiger partial charge in [-0.1, -0.05) is 260 Å². The van der Waals surface area contributed by atoms with Crippen molar-refractivity contribution in [2.24, 2.45) is 0 Å². The summed E-state index contributed by atoms with van der Waals surface area (Å²) in [6.45, 7) is 6.51. The number of carbonyl (C=O) groups excluding carboxylic acids is 3. The van der Waals surface area contributed by atoms with Crippen molar-refractivity contribution in [3.63, 3.8) is 0 Å². The van der Waals surface area contributed by atoms with Gasteiger partial charge in [0.2, 0.25) is 0 Å². The summed E-state index contributed by atoms with van der Waals surface area (Å²) < 4.78 is 16.9. The van der Waals surface area contributed by atoms with Crippen LogP contribution in [0, 0.1) is 0 Å². The van der Waals surface area contributed by atoms with Crippen LogP contribution in [0.4, 0.5) is 0 Å². The van der Waals surface area contributed by atoms with Crippen LogP contribution >= 0.6 is 0 Å². The van der Waals surface area contributed by atoms with Gasteiger partial charge in [-0.25, -0.2) is 0 Å². The molecule has 6 heteroatoms. The Balaban J connectivity index is 4.37. The number of unbranched alkanes of at least 4 members (excludes halogenated alkanes) is 32. The largest absolute Gasteiger partial charge is 0.462 e. The van der Waals surface area contributed by atoms with E-state index in [0.717, 1.165) is 109 Å². The Hall–Kier alpha value is -3.41. The van der Waals surface area contributed by atoms with Gasteiger partial charge in [-0.05, 0) is 116 Å². The fourth-order valence-electron chi connectivity index (χ4n) is 8.87. The lowest BCUT2D eigenvalue weighted by Gasteiger charge is -2.18. The number of hydrogen-bond donors (Lipinski definition) is 0. The molecule has 74 heavy (non-hydrogen) atoms. The first-order valence-electron chi connectivity index (χ1n) is 31.6. The van der Waals surface area contributed by atoms with Gasteiger partial charge in [0.1, 0.15) is 13.2 Å². The number of hydrogen-bond acceptors (Lipinski definition) is 6. The molecule has 0 aromatic heterocycles. The average molecular weight is 1030 g/mol. The first-order valence-corrected chi connectivity index (χ1v) is 31.6. The molecule has 0 saturated heterocycles. The van der Waals surface area contributed by atoms with Crippen LogP contribution in [0.5, 0.6) is 0 Å². The van der Waals surface area contributed by atoms with Crippen LogP contribution in [0.25, 0.3) is 0 Å². The maximum absolute atomic E-state index is 12.9. The summed E-state index contributed by atoms with van der Waals surface area (Å²) in [6, 6.07) is 0. The lowest BCUT2D eigenvalue weighted by atomic mass is 10.0. The summed E-state index contributed by atoms with van der Waals surface area (Å²) in [5, 5.41) is 0. The van der Waals surface area contributed by atoms with Gasteiger partial charge in [0.25, 0.3) is 0 Å². The quantitative estimate of drug-likeness (QED) is 0.0261. The third-order valence-electron chi connectivity index (χ3n) is 13.6. The minimum atomic E-state index is -0.790. The normalized spacial score (nSPS) is 12.6. The fourth-order valence-corrected chi connectivity index (χ4v) is 8.87. The predicted molar refractivity (Wildman–Crippen MR) is 321 cm³/mol. The molecule has 426 valence electrons. The van der Waals surface area contributed by atoms with Crippen LogP contribution in [0.15, 0.2) is 85.1 Å². The highest BCUT2D eigenvalue weighted by Crippen LogP contribution is 2.16. The van der Waals surface area contributed by atoms with Gasteiger partial charge in [-0.15, -0.1) is 0 Å². The zero-order valence-corrected chi connectivity index (χ0v) is 48.8. The smallest absolute Gasteiger partial charge is 0.306 e. The Kier molecular flexibility index (Phi) is 59.3. The van der Waals surface area contributed by atoms with Crippen LogP contribution < -0.4 is 0 Å². The third-order valence-corrected chi connectivity index (χ3v) is 13.6. The molecule has 0 aliphatic heterocycles. The van der Waals surface area contributed by atoms with E-state index in [4.69, 9.17) is 14.2 Å². The number of rotatable bonds is 57. The first-order chi connectivity index (χ1) is 36.5. The van der Waals surface area contributed by atoms with Crippen LogP contribution in [-0.4, -0.2) is 37.2 Å². The van der Waals surface area contributed by atoms with Crippen molar-refractivity contribution in [2.75, 3.05) is 13.2 Å². The molecule has 0 aliphatic rings. The SMILES string of the molecule is CC/C=C\C/C=C\C/C=C\CCCCCCCCCC(=O)OC(COC(=O)CCCCCCC/C=C\C/C=C\CCCCCC)COC(=O)CCCCCCCCCCCCC/C=C\C/C=C\CCCCCCC. The highest BCUT2D eigenvalue weighted by Gasteiger charge is 2.19. The second-order valence-electron chi connectivity index (χ2n) is 20.9. The Bertz CT molecular complexity index is 1420. The Labute approximate surface area is 458 Å². The van der Waals surface area contributed by atoms with Crippen molar-refractivity contribution in [1.82, 2.24) is 0 Å². The minimum absolute atomic E-state index is 0.0855. The average Bonchev–Trinajstić information content (AvgIpc) is 3.40. The van der Waals surface area contributed by atoms with Gasteiger partial charge in [-0.3, -0.25) is 14.4 Å². The third kappa shape index (κ3) is 59.5. The zero-order chi connectivity index (χ0) is 53.6. The number of esters is 3. The molecule has 0 aromatic carbocycles. The van der Waals surface area contributed by atoms with Gasteiger partial charge in [0, 0.05) is 19.3 Å². The van der Waals surface area contributed by atoms with Crippen LogP contribution in [-0.2, 0) is 28.6 Å². The number of ether oxygens (including phenoxy) is 3. The summed E-state index contributed by atoms with van der Waals surface area (Å²) in [5.74, 6) is -0.901. The number of allylic oxidation sites excluding steroid dienone is 14. The van der Waals surface area contributed by atoms with E-state index in [-0.39, 0.29) is 31.1 Å². The lowest BCUT2D eigenvalue weighted by Crippen LogP contribution is -2.30. The van der Waals surface area contributed by atoms with Crippen molar-refractivity contribution >= 4 is 17.9 Å². The van der Waals surface area contributed by atoms with E-state index in [0.29, 0.717) is 19.3 Å². The Morgan fingerprint density at radius 2 is 0.527 bits per heavy atom. The van der Waals surface area contributed by atoms with Crippen LogP contribution in [0.2, 0.25) is 0 Å². The molecule has 0 bridgehead atoms. The standard InChI is InChI=1S/C68H118O6/c1-4-7-10-13-16-19-22-25-28-31-32-33-34-35-36-38-40-43-46-49-52-55-58-61-67(70)73-64-65(63-72-66(69)60-57-54-51-48-45-42-39-30-27-24-21-18-15-12-9-6-3)74-68(71)62-59-56-53-50-47-44-41-37-29-26-23-20-17-14-11-8-5-2/h8,11,17,20-22,24-26,29-32,39,65H,4-7,9-10,12-16,18-19,23,27-28,33-38,40-64H2,1-3H3/b11-8-,20-17-,24-21-,25-22-,29-26-,32-31-,39-30-. The molecule has 6 nitrogen and oxygen atoms in total. The van der Waals surface area contributed by atoms with E-state index < -0.39 is 6.10 Å². The molecule has 0 fully saturated rings. The van der Waals surface area contributed by atoms with E-state index in [1.54, 1.807) is 0 Å². The van der Waals surface area contributed by atoms with Crippen LogP contribution in [0.1, 0.15) is 310 Å². The van der Waals surface area contributed by atoms with Gasteiger partial charge < -0.3 is 14.2 Å². The second kappa shape index (κ2) is 62.1. The molecular formula is C68H118O6. The molecule has 0 aromatic rings. The topological polar surface area (TPSA) is 78.9 Å². The molecule has 0 spiro atoms. The molecule has 0 rings (SSSR count). The molecule has 0 heterocycles. The summed E-state index contributed by atoms with van der Waals surface area (Å²) in [6.07, 6.45) is 81.5. The maximum atomic E-state index is 12.9. The highest BCUT2D eigenvalue weighted by molar-refractivity contribution is 5.71. The maximum Gasteiger partial charge on any atom is 0.306 e. The Morgan fingerprint density at radius 3 is 0.838 bits per heavy atom. The van der Waals surface area contributed by atoms with Gasteiger partial charge >= 0.3 is 17.9 Å². The lowest BCUT2D eigenvalue weighted by molar-refractivity contribution is -0.167. The summed E-state index contributed by atoms with van der Waals surface area (Å²) in [7, 11) is 0. The minimum Gasteiger partial charge on any atom is -0.462 e. The van der Waals surface area contributed by atoms with E-state index in [1.807, 2.05) is 0 Å². The molecule has 0 saturated carbocycles. The molecule has 1 atom stereocenters. The van der Waals surface area contributed by atoms with E-state index in [2.05, 4.69) is 106 Å². The fraction of sp³-hybridized carbons (Fsp3) is 0.750. The van der Waals surface area contributed by atoms with Crippen molar-refractivity contribution in [3.8, 4) is 0 Å². The van der Waals surface area contributed by atoms with Crippen molar-refractivity contribution in [1.29, 1.82) is 0 Å². The zero-order valence-electron chi connectivity index (χ0n) is 48.8. The van der Waals surface area contributed by atoms with Crippen molar-refractivity contribution in [3.05, 3.63) is 85.1 Å². The molecule has 1 unspecified atom stereocenters. The van der Waals surface area contributed by atoms with Crippen molar-refractivity contribution in [2.45, 2.75) is 316 Å². The summed E-state index contributed by atoms with van der Waals surface area (Å²) >= 11 is 0. The second-order valence-corrected chi connectivity index (χ2v) is 20.9. The molecule has 0 amide bonds. The van der Waals surface area contributed by atoms with Gasteiger partial charge in [0.15, 0.2) is 6.10 Å². The molecule has 0 aliphatic carbocycles. The van der Waals surface area contributed by atoms with E-state index >= 15 is 0 Å². The highest BCUT2D eigenvalue weighted by atomic mass is 16.6. The van der Waals surface area contributed by atoms with Gasteiger partial charge in [0.05, 0.1) is 0 Å². The molecular weight excluding hydrogens is 913 g/mol. The van der Waals surface area contributed by atoms with E-state index in [9.17, 15) is 14.4 Å². The van der Waals surface area contributed by atoms with Crippen LogP contribution in [0.3, 0.4) is 0 Å². The summed E-state index contributed by atoms with van der Waals surface area (Å²) in [5.41, 5.74) is 0. The monoisotopic (exact) mass is 1030 g/mol. The Morgan fingerprint density at radius 1 is 0.284 bits per heavy atom. The number of carbonyl (C=O) groups is 3. The van der Waals surface area contributed by atoms with E-state index in [1.165, 1.54) is 161 Å². The van der Waals surface area contributed by atoms with Crippen molar-refractivity contribution < 1.29 is 28.6 Å². The first kappa shape index (κ1) is 70.6. The predicted octanol–water partition coefficient (Wildman–Crippen LogP) is 21.5. The molecule has 0 radical (unpaired) electrons. The molecule has 0 N–H and O–H groups in total.